The minimum absolute atomic E-state index is 0.250. The number of pyridine rings is 1. The Morgan fingerprint density at radius 1 is 1.07 bits per heavy atom. The van der Waals surface area contributed by atoms with Crippen molar-refractivity contribution in [2.75, 3.05) is 29.9 Å². The molecule has 1 unspecified atom stereocenters. The van der Waals surface area contributed by atoms with Gasteiger partial charge in [0.25, 0.3) is 0 Å². The van der Waals surface area contributed by atoms with Crippen molar-refractivity contribution in [1.29, 1.82) is 0 Å². The number of nitrogens with zero attached hydrogens (tertiary/aromatic N) is 4. The Morgan fingerprint density at radius 3 is 2.75 bits per heavy atom. The summed E-state index contributed by atoms with van der Waals surface area (Å²) >= 11 is 0. The number of aromatic nitrogens is 3. The van der Waals surface area contributed by atoms with Crippen LogP contribution in [0.4, 0.5) is 11.6 Å². The second-order valence-electron chi connectivity index (χ2n) is 7.03. The Balaban J connectivity index is 1.35. The highest BCUT2D eigenvalue weighted by Gasteiger charge is 2.17. The van der Waals surface area contributed by atoms with E-state index in [0.29, 0.717) is 6.54 Å². The lowest BCUT2D eigenvalue weighted by molar-refractivity contribution is 0.0529. The van der Waals surface area contributed by atoms with Gasteiger partial charge in [-0.3, -0.25) is 0 Å². The summed E-state index contributed by atoms with van der Waals surface area (Å²) < 4.78 is 5.60. The molecule has 1 atom stereocenters. The van der Waals surface area contributed by atoms with E-state index in [4.69, 9.17) is 4.74 Å². The molecule has 4 rings (SSSR count). The summed E-state index contributed by atoms with van der Waals surface area (Å²) in [5.74, 6) is 2.64. The van der Waals surface area contributed by atoms with Gasteiger partial charge in [0.05, 0.1) is 12.7 Å². The largest absolute Gasteiger partial charge is 0.375 e. The van der Waals surface area contributed by atoms with Gasteiger partial charge in [-0.15, -0.1) is 0 Å². The van der Waals surface area contributed by atoms with Crippen LogP contribution in [0, 0.1) is 0 Å². The van der Waals surface area contributed by atoms with E-state index in [1.54, 1.807) is 6.20 Å². The van der Waals surface area contributed by atoms with Gasteiger partial charge in [0, 0.05) is 38.4 Å². The van der Waals surface area contributed by atoms with Crippen LogP contribution in [0.1, 0.15) is 23.9 Å². The number of ether oxygens (including phenoxy) is 1. The standard InChI is InChI=1S/C22H25N5O/c1-17-16-27(11-12-28-17)22-8-7-19(15-25-22)14-24-20-9-10-23-21(26-20)13-18-5-3-2-4-6-18/h2-10,15,17H,11-14,16H2,1H3,(H,23,24,26). The monoisotopic (exact) mass is 375 g/mol. The van der Waals surface area contributed by atoms with Gasteiger partial charge in [-0.1, -0.05) is 36.4 Å². The molecule has 0 bridgehead atoms. The second-order valence-corrected chi connectivity index (χ2v) is 7.03. The summed E-state index contributed by atoms with van der Waals surface area (Å²) in [4.78, 5) is 15.9. The third kappa shape index (κ3) is 4.84. The van der Waals surface area contributed by atoms with Crippen molar-refractivity contribution in [3.05, 3.63) is 77.9 Å². The number of nitrogens with one attached hydrogen (secondary N) is 1. The Hall–Kier alpha value is -2.99. The first-order chi connectivity index (χ1) is 13.8. The Kier molecular flexibility index (Phi) is 5.77. The van der Waals surface area contributed by atoms with Crippen LogP contribution in [-0.4, -0.2) is 40.8 Å². The van der Waals surface area contributed by atoms with Gasteiger partial charge < -0.3 is 15.0 Å². The van der Waals surface area contributed by atoms with Crippen molar-refractivity contribution in [2.24, 2.45) is 0 Å². The maximum atomic E-state index is 5.60. The SMILES string of the molecule is CC1CN(c2ccc(CNc3ccnc(Cc4ccccc4)n3)cn2)CCO1. The fourth-order valence-corrected chi connectivity index (χ4v) is 3.29. The number of rotatable bonds is 6. The molecule has 0 spiro atoms. The molecule has 6 heteroatoms. The van der Waals surface area contributed by atoms with Crippen LogP contribution in [0.15, 0.2) is 60.9 Å². The van der Waals surface area contributed by atoms with Crippen molar-refractivity contribution in [1.82, 2.24) is 15.0 Å². The normalized spacial score (nSPS) is 16.8. The summed E-state index contributed by atoms with van der Waals surface area (Å²) in [6.45, 7) is 5.30. The van der Waals surface area contributed by atoms with E-state index in [0.717, 1.165) is 49.1 Å². The van der Waals surface area contributed by atoms with Gasteiger partial charge in [0.15, 0.2) is 0 Å². The first-order valence-corrected chi connectivity index (χ1v) is 9.67. The summed E-state index contributed by atoms with van der Waals surface area (Å²) in [5.41, 5.74) is 2.32. The van der Waals surface area contributed by atoms with Crippen LogP contribution >= 0.6 is 0 Å². The fraction of sp³-hybridized carbons (Fsp3) is 0.318. The van der Waals surface area contributed by atoms with Crippen molar-refractivity contribution in [2.45, 2.75) is 26.0 Å². The van der Waals surface area contributed by atoms with E-state index in [1.807, 2.05) is 30.5 Å². The molecule has 3 aromatic rings. The van der Waals surface area contributed by atoms with Crippen molar-refractivity contribution < 1.29 is 4.74 Å². The minimum Gasteiger partial charge on any atom is -0.375 e. The number of morpholine rings is 1. The highest BCUT2D eigenvalue weighted by atomic mass is 16.5. The minimum atomic E-state index is 0.250. The van der Waals surface area contributed by atoms with E-state index >= 15 is 0 Å². The Morgan fingerprint density at radius 2 is 1.96 bits per heavy atom. The Bertz CT molecular complexity index is 885. The topological polar surface area (TPSA) is 63.2 Å². The zero-order valence-corrected chi connectivity index (χ0v) is 16.1. The third-order valence-corrected chi connectivity index (χ3v) is 4.76. The molecule has 0 amide bonds. The quantitative estimate of drug-likeness (QED) is 0.713. The lowest BCUT2D eigenvalue weighted by atomic mass is 10.1. The molecule has 1 aliphatic heterocycles. The van der Waals surface area contributed by atoms with Crippen molar-refractivity contribution in [3.8, 4) is 0 Å². The van der Waals surface area contributed by atoms with Gasteiger partial charge in [-0.25, -0.2) is 15.0 Å². The van der Waals surface area contributed by atoms with Gasteiger partial charge in [-0.05, 0) is 30.2 Å². The first-order valence-electron chi connectivity index (χ1n) is 9.67. The van der Waals surface area contributed by atoms with Gasteiger partial charge in [-0.2, -0.15) is 0 Å². The maximum Gasteiger partial charge on any atom is 0.135 e. The summed E-state index contributed by atoms with van der Waals surface area (Å²) in [6, 6.07) is 16.3. The molecule has 144 valence electrons. The lowest BCUT2D eigenvalue weighted by Crippen LogP contribution is -2.41. The van der Waals surface area contributed by atoms with Gasteiger partial charge in [0.1, 0.15) is 17.5 Å². The number of anilines is 2. The van der Waals surface area contributed by atoms with Crippen molar-refractivity contribution in [3.63, 3.8) is 0 Å². The maximum absolute atomic E-state index is 5.60. The molecular weight excluding hydrogens is 350 g/mol. The van der Waals surface area contributed by atoms with Crippen LogP contribution in [0.25, 0.3) is 0 Å². The average molecular weight is 375 g/mol. The summed E-state index contributed by atoms with van der Waals surface area (Å²) in [5, 5.41) is 3.37. The average Bonchev–Trinajstić information content (AvgIpc) is 2.74. The highest BCUT2D eigenvalue weighted by molar-refractivity contribution is 5.41. The van der Waals surface area contributed by atoms with Gasteiger partial charge in [0.2, 0.25) is 0 Å². The van der Waals surface area contributed by atoms with E-state index in [-0.39, 0.29) is 6.10 Å². The van der Waals surface area contributed by atoms with E-state index in [9.17, 15) is 0 Å². The molecule has 0 radical (unpaired) electrons. The molecule has 1 aromatic carbocycles. The van der Waals surface area contributed by atoms with E-state index in [2.05, 4.69) is 56.4 Å². The highest BCUT2D eigenvalue weighted by Crippen LogP contribution is 2.16. The smallest absolute Gasteiger partial charge is 0.135 e. The lowest BCUT2D eigenvalue weighted by Gasteiger charge is -2.32. The second kappa shape index (κ2) is 8.80. The number of hydrogen-bond acceptors (Lipinski definition) is 6. The fourth-order valence-electron chi connectivity index (χ4n) is 3.29. The molecule has 6 nitrogen and oxygen atoms in total. The Labute approximate surface area is 165 Å². The molecule has 0 saturated carbocycles. The van der Waals surface area contributed by atoms with E-state index in [1.165, 1.54) is 5.56 Å². The molecule has 1 N–H and O–H groups in total. The molecule has 1 fully saturated rings. The molecule has 2 aromatic heterocycles. The number of benzene rings is 1. The van der Waals surface area contributed by atoms with Crippen LogP contribution in [0.3, 0.4) is 0 Å². The molecule has 28 heavy (non-hydrogen) atoms. The zero-order chi connectivity index (χ0) is 19.2. The van der Waals surface area contributed by atoms with Crippen LogP contribution in [0.2, 0.25) is 0 Å². The summed E-state index contributed by atoms with van der Waals surface area (Å²) in [7, 11) is 0. The van der Waals surface area contributed by atoms with Crippen molar-refractivity contribution >= 4 is 11.6 Å². The third-order valence-electron chi connectivity index (χ3n) is 4.76. The zero-order valence-electron chi connectivity index (χ0n) is 16.1. The van der Waals surface area contributed by atoms with Crippen LogP contribution < -0.4 is 10.2 Å². The first kappa shape index (κ1) is 18.4. The number of hydrogen-bond donors (Lipinski definition) is 1. The van der Waals surface area contributed by atoms with Gasteiger partial charge >= 0.3 is 0 Å². The van der Waals surface area contributed by atoms with Crippen LogP contribution in [-0.2, 0) is 17.7 Å². The van der Waals surface area contributed by atoms with E-state index < -0.39 is 0 Å². The predicted molar refractivity (Wildman–Crippen MR) is 110 cm³/mol. The molecule has 1 saturated heterocycles. The van der Waals surface area contributed by atoms with Crippen LogP contribution in [0.5, 0.6) is 0 Å². The molecule has 0 aliphatic carbocycles. The molecular formula is C22H25N5O. The predicted octanol–water partition coefficient (Wildman–Crippen LogP) is 3.30. The molecule has 1 aliphatic rings. The molecule has 3 heterocycles. The summed E-state index contributed by atoms with van der Waals surface area (Å²) in [6.07, 6.45) is 4.70.